The number of fused-ring (bicyclic) bond motifs is 1. The third-order valence-electron chi connectivity index (χ3n) is 3.74. The Balaban J connectivity index is 2.04. The molecule has 3 nitrogen and oxygen atoms in total. The van der Waals surface area contributed by atoms with Gasteiger partial charge in [0, 0.05) is 25.1 Å². The van der Waals surface area contributed by atoms with E-state index in [0.29, 0.717) is 12.2 Å². The van der Waals surface area contributed by atoms with Crippen LogP contribution in [-0.4, -0.2) is 10.5 Å². The monoisotopic (exact) mass is 293 g/mol. The predicted octanol–water partition coefficient (Wildman–Crippen LogP) is 4.55. The molecule has 0 aliphatic carbocycles. The molecular formula is C19H19NO2. The normalized spacial score (nSPS) is 10.8. The van der Waals surface area contributed by atoms with Crippen LogP contribution in [0.2, 0.25) is 0 Å². The molecule has 0 fully saturated rings. The summed E-state index contributed by atoms with van der Waals surface area (Å²) in [6.45, 7) is 1.97. The minimum Gasteiger partial charge on any atom is -0.424 e. The second-order valence-electron chi connectivity index (χ2n) is 5.43. The molecular weight excluding hydrogens is 274 g/mol. The van der Waals surface area contributed by atoms with E-state index in [1.165, 1.54) is 0 Å². The number of carbonyl (C=O) groups is 1. The van der Waals surface area contributed by atoms with Crippen LogP contribution in [-0.2, 0) is 11.8 Å². The third kappa shape index (κ3) is 2.75. The van der Waals surface area contributed by atoms with Gasteiger partial charge in [-0.05, 0) is 29.7 Å². The number of aromatic nitrogens is 1. The molecule has 0 amide bonds. The molecule has 22 heavy (non-hydrogen) atoms. The highest BCUT2D eigenvalue weighted by molar-refractivity contribution is 5.92. The lowest BCUT2D eigenvalue weighted by Gasteiger charge is -2.04. The van der Waals surface area contributed by atoms with E-state index in [1.54, 1.807) is 0 Å². The van der Waals surface area contributed by atoms with Gasteiger partial charge in [-0.15, -0.1) is 0 Å². The summed E-state index contributed by atoms with van der Waals surface area (Å²) in [7, 11) is 1.96. The summed E-state index contributed by atoms with van der Waals surface area (Å²) in [5.41, 5.74) is 3.32. The summed E-state index contributed by atoms with van der Waals surface area (Å²) < 4.78 is 7.50. The van der Waals surface area contributed by atoms with Gasteiger partial charge in [-0.25, -0.2) is 0 Å². The van der Waals surface area contributed by atoms with Crippen molar-refractivity contribution in [2.24, 2.45) is 7.05 Å². The topological polar surface area (TPSA) is 31.2 Å². The largest absolute Gasteiger partial charge is 0.424 e. The van der Waals surface area contributed by atoms with Gasteiger partial charge in [-0.2, -0.15) is 0 Å². The van der Waals surface area contributed by atoms with Crippen molar-refractivity contribution in [1.82, 2.24) is 4.57 Å². The van der Waals surface area contributed by atoms with Crippen LogP contribution in [0.15, 0.2) is 54.7 Å². The molecule has 0 aliphatic heterocycles. The zero-order chi connectivity index (χ0) is 15.5. The molecule has 0 bridgehead atoms. The average Bonchev–Trinajstić information content (AvgIpc) is 2.84. The van der Waals surface area contributed by atoms with E-state index in [1.807, 2.05) is 42.9 Å². The Morgan fingerprint density at radius 3 is 2.59 bits per heavy atom. The molecule has 112 valence electrons. The zero-order valence-electron chi connectivity index (χ0n) is 12.9. The smallest absolute Gasteiger partial charge is 0.311 e. The molecule has 0 N–H and O–H groups in total. The molecule has 0 atom stereocenters. The number of aryl methyl sites for hydroxylation is 1. The van der Waals surface area contributed by atoms with Gasteiger partial charge in [0.1, 0.15) is 0 Å². The molecule has 3 rings (SSSR count). The number of carbonyl (C=O) groups excluding carboxylic acids is 1. The highest BCUT2D eigenvalue weighted by Gasteiger charge is 2.12. The van der Waals surface area contributed by atoms with Crippen molar-refractivity contribution in [3.8, 4) is 16.9 Å². The Morgan fingerprint density at radius 2 is 1.86 bits per heavy atom. The fourth-order valence-corrected chi connectivity index (χ4v) is 2.63. The van der Waals surface area contributed by atoms with Crippen LogP contribution in [0.3, 0.4) is 0 Å². The maximum absolute atomic E-state index is 11.8. The Morgan fingerprint density at radius 1 is 1.09 bits per heavy atom. The number of benzene rings is 2. The maximum atomic E-state index is 11.8. The molecule has 1 heterocycles. The lowest BCUT2D eigenvalue weighted by Crippen LogP contribution is -2.06. The minimum atomic E-state index is -0.180. The number of hydrogen-bond donors (Lipinski definition) is 0. The molecule has 1 aromatic heterocycles. The van der Waals surface area contributed by atoms with Gasteiger partial charge in [0.2, 0.25) is 0 Å². The molecule has 3 heteroatoms. The SMILES string of the molecule is CCCC(=O)Oc1cn(C)c2ccc(-c3ccccc3)cc12. The summed E-state index contributed by atoms with van der Waals surface area (Å²) in [5.74, 6) is 0.453. The van der Waals surface area contributed by atoms with Gasteiger partial charge in [0.25, 0.3) is 0 Å². The Labute approximate surface area is 130 Å². The van der Waals surface area contributed by atoms with E-state index in [9.17, 15) is 4.79 Å². The van der Waals surface area contributed by atoms with Crippen LogP contribution in [0.1, 0.15) is 19.8 Å². The fraction of sp³-hybridized carbons (Fsp3) is 0.211. The van der Waals surface area contributed by atoms with Crippen LogP contribution in [0.5, 0.6) is 5.75 Å². The van der Waals surface area contributed by atoms with Gasteiger partial charge in [0.05, 0.1) is 5.52 Å². The van der Waals surface area contributed by atoms with E-state index in [-0.39, 0.29) is 5.97 Å². The van der Waals surface area contributed by atoms with Crippen molar-refractivity contribution in [2.45, 2.75) is 19.8 Å². The summed E-state index contributed by atoms with van der Waals surface area (Å²) >= 11 is 0. The van der Waals surface area contributed by atoms with Gasteiger partial charge in [-0.3, -0.25) is 4.79 Å². The van der Waals surface area contributed by atoms with E-state index >= 15 is 0 Å². The van der Waals surface area contributed by atoms with Gasteiger partial charge in [0.15, 0.2) is 5.75 Å². The third-order valence-corrected chi connectivity index (χ3v) is 3.74. The van der Waals surface area contributed by atoms with Gasteiger partial charge >= 0.3 is 5.97 Å². The zero-order valence-corrected chi connectivity index (χ0v) is 12.9. The second kappa shape index (κ2) is 6.06. The summed E-state index contributed by atoms with van der Waals surface area (Å²) in [5, 5.41) is 0.966. The molecule has 0 aliphatic rings. The summed E-state index contributed by atoms with van der Waals surface area (Å²) in [4.78, 5) is 11.8. The van der Waals surface area contributed by atoms with Crippen molar-refractivity contribution in [3.05, 3.63) is 54.7 Å². The first kappa shape index (κ1) is 14.4. The quantitative estimate of drug-likeness (QED) is 0.661. The van der Waals surface area contributed by atoms with Crippen LogP contribution >= 0.6 is 0 Å². The van der Waals surface area contributed by atoms with E-state index in [2.05, 4.69) is 30.3 Å². The van der Waals surface area contributed by atoms with Gasteiger partial charge in [-0.1, -0.05) is 43.3 Å². The lowest BCUT2D eigenvalue weighted by atomic mass is 10.0. The first-order valence-corrected chi connectivity index (χ1v) is 7.54. The van der Waals surface area contributed by atoms with Crippen molar-refractivity contribution in [2.75, 3.05) is 0 Å². The lowest BCUT2D eigenvalue weighted by molar-refractivity contribution is -0.134. The van der Waals surface area contributed by atoms with Crippen LogP contribution in [0.4, 0.5) is 0 Å². The van der Waals surface area contributed by atoms with Gasteiger partial charge < -0.3 is 9.30 Å². The number of esters is 1. The molecule has 0 spiro atoms. The van der Waals surface area contributed by atoms with Crippen molar-refractivity contribution in [1.29, 1.82) is 0 Å². The number of ether oxygens (including phenoxy) is 1. The van der Waals surface area contributed by atoms with Crippen LogP contribution in [0.25, 0.3) is 22.0 Å². The molecule has 0 saturated carbocycles. The maximum Gasteiger partial charge on any atom is 0.311 e. The molecule has 0 saturated heterocycles. The molecule has 2 aromatic carbocycles. The van der Waals surface area contributed by atoms with Crippen molar-refractivity contribution in [3.63, 3.8) is 0 Å². The predicted molar refractivity (Wildman–Crippen MR) is 88.9 cm³/mol. The first-order chi connectivity index (χ1) is 10.7. The molecule has 3 aromatic rings. The fourth-order valence-electron chi connectivity index (χ4n) is 2.63. The highest BCUT2D eigenvalue weighted by atomic mass is 16.5. The Kier molecular flexibility index (Phi) is 3.96. The first-order valence-electron chi connectivity index (χ1n) is 7.54. The number of rotatable bonds is 4. The van der Waals surface area contributed by atoms with Crippen LogP contribution in [0, 0.1) is 0 Å². The average molecular weight is 293 g/mol. The number of hydrogen-bond acceptors (Lipinski definition) is 2. The summed E-state index contributed by atoms with van der Waals surface area (Å²) in [6.07, 6.45) is 3.10. The van der Waals surface area contributed by atoms with E-state index in [0.717, 1.165) is 28.5 Å². The standard InChI is InChI=1S/C19H19NO2/c1-3-7-19(21)22-18-13-20(2)17-11-10-15(12-16(17)18)14-8-5-4-6-9-14/h4-6,8-13H,3,7H2,1-2H3. The molecule has 0 unspecified atom stereocenters. The Bertz CT molecular complexity index is 803. The van der Waals surface area contributed by atoms with E-state index in [4.69, 9.17) is 4.74 Å². The Hall–Kier alpha value is -2.55. The summed E-state index contributed by atoms with van der Waals surface area (Å²) in [6, 6.07) is 16.4. The minimum absolute atomic E-state index is 0.180. The van der Waals surface area contributed by atoms with E-state index < -0.39 is 0 Å². The van der Waals surface area contributed by atoms with Crippen molar-refractivity contribution >= 4 is 16.9 Å². The number of nitrogens with zero attached hydrogens (tertiary/aromatic N) is 1. The van der Waals surface area contributed by atoms with Crippen molar-refractivity contribution < 1.29 is 9.53 Å². The van der Waals surface area contributed by atoms with Crippen LogP contribution < -0.4 is 4.74 Å². The highest BCUT2D eigenvalue weighted by Crippen LogP contribution is 2.32. The molecule has 0 radical (unpaired) electrons. The second-order valence-corrected chi connectivity index (χ2v) is 5.43.